The van der Waals surface area contributed by atoms with Gasteiger partial charge in [-0.2, -0.15) is 0 Å². The zero-order valence-electron chi connectivity index (χ0n) is 13.5. The number of aliphatic hydroxyl groups excluding tert-OH is 1. The molecule has 1 heterocycles. The zero-order chi connectivity index (χ0) is 16.1. The van der Waals surface area contributed by atoms with Gasteiger partial charge in [0.05, 0.1) is 6.10 Å². The van der Waals surface area contributed by atoms with Crippen molar-refractivity contribution in [3.8, 4) is 0 Å². The summed E-state index contributed by atoms with van der Waals surface area (Å²) in [7, 11) is 0. The zero-order valence-corrected chi connectivity index (χ0v) is 14.2. The van der Waals surface area contributed by atoms with E-state index in [-0.39, 0.29) is 18.1 Å². The standard InChI is InChI=1S/C18H26ClNO2/c1-13(10-15-5-7-16(19)8-6-15)11-18(22)20-9-3-4-17(20)12-14(2)21/h5-8,13-14,17,21H,3-4,9-12H2,1-2H3. The van der Waals surface area contributed by atoms with Crippen molar-refractivity contribution in [3.63, 3.8) is 0 Å². The van der Waals surface area contributed by atoms with Crippen molar-refractivity contribution in [2.24, 2.45) is 5.92 Å². The highest BCUT2D eigenvalue weighted by Crippen LogP contribution is 2.24. The molecule has 3 nitrogen and oxygen atoms in total. The summed E-state index contributed by atoms with van der Waals surface area (Å²) in [6.45, 7) is 4.75. The van der Waals surface area contributed by atoms with Gasteiger partial charge >= 0.3 is 0 Å². The molecule has 0 aliphatic carbocycles. The maximum Gasteiger partial charge on any atom is 0.223 e. The molecule has 1 aromatic rings. The fraction of sp³-hybridized carbons (Fsp3) is 0.611. The fourth-order valence-electron chi connectivity index (χ4n) is 3.31. The minimum Gasteiger partial charge on any atom is -0.393 e. The number of carbonyl (C=O) groups excluding carboxylic acids is 1. The molecule has 2 rings (SSSR count). The van der Waals surface area contributed by atoms with E-state index in [0.717, 1.165) is 30.8 Å². The van der Waals surface area contributed by atoms with Gasteiger partial charge in [-0.25, -0.2) is 0 Å². The molecule has 0 aromatic heterocycles. The summed E-state index contributed by atoms with van der Waals surface area (Å²) in [4.78, 5) is 14.5. The molecule has 122 valence electrons. The van der Waals surface area contributed by atoms with E-state index in [1.807, 2.05) is 29.2 Å². The highest BCUT2D eigenvalue weighted by Gasteiger charge is 2.29. The summed E-state index contributed by atoms with van der Waals surface area (Å²) in [5.41, 5.74) is 1.21. The number of aliphatic hydroxyl groups is 1. The normalized spacial score (nSPS) is 20.9. The minimum absolute atomic E-state index is 0.218. The largest absolute Gasteiger partial charge is 0.393 e. The van der Waals surface area contributed by atoms with Crippen LogP contribution in [0.2, 0.25) is 5.02 Å². The van der Waals surface area contributed by atoms with Crippen LogP contribution in [0.25, 0.3) is 0 Å². The van der Waals surface area contributed by atoms with Gasteiger partial charge in [-0.3, -0.25) is 4.79 Å². The van der Waals surface area contributed by atoms with Crippen LogP contribution in [-0.4, -0.2) is 34.6 Å². The summed E-state index contributed by atoms with van der Waals surface area (Å²) in [6, 6.07) is 8.05. The molecule has 1 aliphatic rings. The van der Waals surface area contributed by atoms with Crippen molar-refractivity contribution in [3.05, 3.63) is 34.9 Å². The van der Waals surface area contributed by atoms with Gasteiger partial charge in [-0.1, -0.05) is 30.7 Å². The van der Waals surface area contributed by atoms with Crippen LogP contribution in [-0.2, 0) is 11.2 Å². The Bertz CT molecular complexity index is 486. The van der Waals surface area contributed by atoms with Crippen molar-refractivity contribution in [1.82, 2.24) is 4.90 Å². The second-order valence-electron chi connectivity index (χ2n) is 6.61. The van der Waals surface area contributed by atoms with Crippen molar-refractivity contribution >= 4 is 17.5 Å². The molecule has 0 spiro atoms. The van der Waals surface area contributed by atoms with Crippen molar-refractivity contribution in [2.45, 2.75) is 58.1 Å². The molecule has 0 saturated carbocycles. The summed E-state index contributed by atoms with van der Waals surface area (Å²) < 4.78 is 0. The lowest BCUT2D eigenvalue weighted by molar-refractivity contribution is -0.133. The van der Waals surface area contributed by atoms with E-state index in [9.17, 15) is 9.90 Å². The fourth-order valence-corrected chi connectivity index (χ4v) is 3.44. The topological polar surface area (TPSA) is 40.5 Å². The van der Waals surface area contributed by atoms with E-state index in [4.69, 9.17) is 11.6 Å². The van der Waals surface area contributed by atoms with Crippen LogP contribution in [0.4, 0.5) is 0 Å². The third-order valence-electron chi connectivity index (χ3n) is 4.33. The summed E-state index contributed by atoms with van der Waals surface area (Å²) in [5.74, 6) is 0.533. The molecule has 3 unspecified atom stereocenters. The Morgan fingerprint density at radius 3 is 2.68 bits per heavy atom. The Morgan fingerprint density at radius 2 is 2.05 bits per heavy atom. The van der Waals surface area contributed by atoms with Crippen LogP contribution in [0.5, 0.6) is 0 Å². The Hall–Kier alpha value is -1.06. The molecular formula is C18H26ClNO2. The average Bonchev–Trinajstić information content (AvgIpc) is 2.88. The van der Waals surface area contributed by atoms with Crippen molar-refractivity contribution in [1.29, 1.82) is 0 Å². The van der Waals surface area contributed by atoms with E-state index < -0.39 is 0 Å². The summed E-state index contributed by atoms with van der Waals surface area (Å²) in [6.07, 6.45) is 3.87. The number of hydrogen-bond donors (Lipinski definition) is 1. The maximum atomic E-state index is 12.5. The molecule has 0 bridgehead atoms. The summed E-state index contributed by atoms with van der Waals surface area (Å²) >= 11 is 5.89. The van der Waals surface area contributed by atoms with Gasteiger partial charge in [0.25, 0.3) is 0 Å². The SMILES string of the molecule is CC(O)CC1CCCN1C(=O)CC(C)Cc1ccc(Cl)cc1. The molecule has 1 fully saturated rings. The Balaban J connectivity index is 1.86. The molecule has 0 radical (unpaired) electrons. The smallest absolute Gasteiger partial charge is 0.223 e. The monoisotopic (exact) mass is 323 g/mol. The molecule has 1 amide bonds. The lowest BCUT2D eigenvalue weighted by Crippen LogP contribution is -2.38. The highest BCUT2D eigenvalue weighted by atomic mass is 35.5. The number of nitrogens with zero attached hydrogens (tertiary/aromatic N) is 1. The van der Waals surface area contributed by atoms with Gasteiger partial charge in [0.2, 0.25) is 5.91 Å². The van der Waals surface area contributed by atoms with Gasteiger partial charge in [0.15, 0.2) is 0 Å². The number of amides is 1. The predicted molar refractivity (Wildman–Crippen MR) is 90.0 cm³/mol. The third kappa shape index (κ3) is 4.99. The Labute approximate surface area is 138 Å². The summed E-state index contributed by atoms with van der Waals surface area (Å²) in [5, 5.41) is 10.3. The van der Waals surface area contributed by atoms with E-state index in [1.165, 1.54) is 5.56 Å². The number of benzene rings is 1. The molecular weight excluding hydrogens is 298 g/mol. The lowest BCUT2D eigenvalue weighted by Gasteiger charge is -2.27. The maximum absolute atomic E-state index is 12.5. The highest BCUT2D eigenvalue weighted by molar-refractivity contribution is 6.30. The number of carbonyl (C=O) groups is 1. The van der Waals surface area contributed by atoms with Gasteiger partial charge in [-0.15, -0.1) is 0 Å². The molecule has 22 heavy (non-hydrogen) atoms. The Morgan fingerprint density at radius 1 is 1.36 bits per heavy atom. The van der Waals surface area contributed by atoms with E-state index in [1.54, 1.807) is 6.92 Å². The predicted octanol–water partition coefficient (Wildman–Crippen LogP) is 3.67. The quantitative estimate of drug-likeness (QED) is 0.867. The van der Waals surface area contributed by atoms with E-state index in [0.29, 0.717) is 18.8 Å². The van der Waals surface area contributed by atoms with E-state index >= 15 is 0 Å². The van der Waals surface area contributed by atoms with Crippen LogP contribution in [0.15, 0.2) is 24.3 Å². The minimum atomic E-state index is -0.343. The van der Waals surface area contributed by atoms with Crippen LogP contribution >= 0.6 is 11.6 Å². The average molecular weight is 324 g/mol. The molecule has 3 atom stereocenters. The second-order valence-corrected chi connectivity index (χ2v) is 7.04. The lowest BCUT2D eigenvalue weighted by atomic mass is 9.97. The second kappa shape index (κ2) is 7.98. The first kappa shape index (κ1) is 17.3. The molecule has 1 aliphatic heterocycles. The van der Waals surface area contributed by atoms with Gasteiger partial charge in [0, 0.05) is 24.0 Å². The molecule has 1 N–H and O–H groups in total. The van der Waals surface area contributed by atoms with Crippen molar-refractivity contribution < 1.29 is 9.90 Å². The van der Waals surface area contributed by atoms with Gasteiger partial charge in [-0.05, 0) is 56.2 Å². The third-order valence-corrected chi connectivity index (χ3v) is 4.58. The van der Waals surface area contributed by atoms with Gasteiger partial charge < -0.3 is 10.0 Å². The molecule has 1 saturated heterocycles. The van der Waals surface area contributed by atoms with Crippen molar-refractivity contribution in [2.75, 3.05) is 6.54 Å². The van der Waals surface area contributed by atoms with Crippen LogP contribution in [0.1, 0.15) is 45.1 Å². The number of halogens is 1. The van der Waals surface area contributed by atoms with Crippen LogP contribution < -0.4 is 0 Å². The first-order chi connectivity index (χ1) is 10.5. The van der Waals surface area contributed by atoms with Crippen LogP contribution in [0, 0.1) is 5.92 Å². The number of likely N-dealkylation sites (tertiary alicyclic amines) is 1. The molecule has 4 heteroatoms. The number of rotatable bonds is 6. The first-order valence-corrected chi connectivity index (χ1v) is 8.55. The Kier molecular flexibility index (Phi) is 6.27. The van der Waals surface area contributed by atoms with Gasteiger partial charge in [0.1, 0.15) is 0 Å². The first-order valence-electron chi connectivity index (χ1n) is 8.17. The number of hydrogen-bond acceptors (Lipinski definition) is 2. The molecule has 1 aromatic carbocycles. The van der Waals surface area contributed by atoms with E-state index in [2.05, 4.69) is 6.92 Å². The van der Waals surface area contributed by atoms with Crippen LogP contribution in [0.3, 0.4) is 0 Å².